The van der Waals surface area contributed by atoms with Crippen LogP contribution in [0.5, 0.6) is 0 Å². The summed E-state index contributed by atoms with van der Waals surface area (Å²) in [5, 5.41) is 2.66. The number of carbonyl (C=O) groups is 1. The van der Waals surface area contributed by atoms with E-state index >= 15 is 0 Å². The van der Waals surface area contributed by atoms with Gasteiger partial charge in [0.1, 0.15) is 6.26 Å². The number of hydrogen-bond donors (Lipinski definition) is 1. The molecule has 0 atom stereocenters. The lowest BCUT2D eigenvalue weighted by molar-refractivity contribution is 0.0519. The second-order valence-electron chi connectivity index (χ2n) is 2.01. The zero-order chi connectivity index (χ0) is 8.97. The number of carbonyl (C=O) groups excluding carboxylic acids is 1. The van der Waals surface area contributed by atoms with Crippen molar-refractivity contribution in [1.29, 1.82) is 0 Å². The Balaban J connectivity index is 2.68. The molecular formula is C7H10N2O3. The summed E-state index contributed by atoms with van der Waals surface area (Å²) in [6.07, 6.45) is 1.25. The van der Waals surface area contributed by atoms with Crippen molar-refractivity contribution in [3.05, 3.63) is 12.0 Å². The summed E-state index contributed by atoms with van der Waals surface area (Å²) < 4.78 is 9.55. The minimum atomic E-state index is -0.470. The van der Waals surface area contributed by atoms with Crippen LogP contribution in [0.1, 0.15) is 17.4 Å². The van der Waals surface area contributed by atoms with E-state index in [1.165, 1.54) is 6.26 Å². The van der Waals surface area contributed by atoms with Gasteiger partial charge >= 0.3 is 5.97 Å². The molecule has 0 aliphatic carbocycles. The van der Waals surface area contributed by atoms with Crippen molar-refractivity contribution >= 4 is 12.0 Å². The van der Waals surface area contributed by atoms with E-state index in [0.29, 0.717) is 12.6 Å². The quantitative estimate of drug-likeness (QED) is 0.682. The third-order valence-corrected chi connectivity index (χ3v) is 1.20. The number of nitrogens with one attached hydrogen (secondary N) is 1. The number of esters is 1. The van der Waals surface area contributed by atoms with Gasteiger partial charge in [0, 0.05) is 7.05 Å². The van der Waals surface area contributed by atoms with Crippen molar-refractivity contribution in [1.82, 2.24) is 4.98 Å². The fourth-order valence-corrected chi connectivity index (χ4v) is 0.687. The molecule has 66 valence electrons. The SMILES string of the molecule is CCOC(=O)c1coc(NC)n1. The van der Waals surface area contributed by atoms with Gasteiger partial charge in [0.2, 0.25) is 0 Å². The van der Waals surface area contributed by atoms with Crippen LogP contribution in [0.2, 0.25) is 0 Å². The van der Waals surface area contributed by atoms with Gasteiger partial charge in [-0.05, 0) is 6.92 Å². The Morgan fingerprint density at radius 3 is 3.08 bits per heavy atom. The molecule has 1 heterocycles. The Hall–Kier alpha value is -1.52. The lowest BCUT2D eigenvalue weighted by atomic mass is 10.5. The fraction of sp³-hybridized carbons (Fsp3) is 0.429. The first-order chi connectivity index (χ1) is 5.77. The third-order valence-electron chi connectivity index (χ3n) is 1.20. The smallest absolute Gasteiger partial charge is 0.360 e. The summed E-state index contributed by atoms with van der Waals surface area (Å²) in [5.74, 6) is -0.470. The molecule has 0 spiro atoms. The van der Waals surface area contributed by atoms with Crippen LogP contribution in [-0.4, -0.2) is 24.6 Å². The summed E-state index contributed by atoms with van der Waals surface area (Å²) in [7, 11) is 1.65. The maximum absolute atomic E-state index is 11.0. The number of anilines is 1. The van der Waals surface area contributed by atoms with Crippen molar-refractivity contribution in [2.75, 3.05) is 19.0 Å². The van der Waals surface area contributed by atoms with Gasteiger partial charge in [0.05, 0.1) is 6.61 Å². The molecule has 1 rings (SSSR count). The molecule has 1 aromatic heterocycles. The van der Waals surface area contributed by atoms with E-state index in [0.717, 1.165) is 0 Å². The summed E-state index contributed by atoms with van der Waals surface area (Å²) in [4.78, 5) is 14.8. The molecule has 0 unspecified atom stereocenters. The summed E-state index contributed by atoms with van der Waals surface area (Å²) in [6.45, 7) is 2.07. The zero-order valence-electron chi connectivity index (χ0n) is 6.96. The Morgan fingerprint density at radius 2 is 2.58 bits per heavy atom. The van der Waals surface area contributed by atoms with Crippen molar-refractivity contribution in [2.45, 2.75) is 6.92 Å². The minimum absolute atomic E-state index is 0.182. The van der Waals surface area contributed by atoms with Crippen molar-refractivity contribution in [2.24, 2.45) is 0 Å². The summed E-state index contributed by atoms with van der Waals surface area (Å²) in [6, 6.07) is 0.304. The predicted molar refractivity (Wildman–Crippen MR) is 42.0 cm³/mol. The van der Waals surface area contributed by atoms with Gasteiger partial charge in [0.15, 0.2) is 5.69 Å². The normalized spacial score (nSPS) is 9.50. The lowest BCUT2D eigenvalue weighted by Gasteiger charge is -1.94. The molecule has 0 bridgehead atoms. The van der Waals surface area contributed by atoms with E-state index in [2.05, 4.69) is 10.3 Å². The summed E-state index contributed by atoms with van der Waals surface area (Å²) >= 11 is 0. The standard InChI is InChI=1S/C7H10N2O3/c1-3-11-6(10)5-4-12-7(8-2)9-5/h4H,3H2,1-2H3,(H,8,9). The van der Waals surface area contributed by atoms with Gasteiger partial charge in [0.25, 0.3) is 6.01 Å². The Bertz CT molecular complexity index is 269. The Kier molecular flexibility index (Phi) is 2.68. The number of rotatable bonds is 3. The molecule has 0 fully saturated rings. The number of oxazole rings is 1. The highest BCUT2D eigenvalue weighted by Crippen LogP contribution is 2.06. The minimum Gasteiger partial charge on any atom is -0.461 e. The van der Waals surface area contributed by atoms with E-state index in [9.17, 15) is 4.79 Å². The molecule has 5 nitrogen and oxygen atoms in total. The Morgan fingerprint density at radius 1 is 1.83 bits per heavy atom. The monoisotopic (exact) mass is 170 g/mol. The first-order valence-electron chi connectivity index (χ1n) is 3.58. The first kappa shape index (κ1) is 8.58. The van der Waals surface area contributed by atoms with E-state index in [1.807, 2.05) is 0 Å². The van der Waals surface area contributed by atoms with Crippen LogP contribution in [-0.2, 0) is 4.74 Å². The molecule has 12 heavy (non-hydrogen) atoms. The second-order valence-corrected chi connectivity index (χ2v) is 2.01. The van der Waals surface area contributed by atoms with Gasteiger partial charge in [-0.3, -0.25) is 0 Å². The summed E-state index contributed by atoms with van der Waals surface area (Å²) in [5.41, 5.74) is 0.182. The molecule has 0 aromatic carbocycles. The van der Waals surface area contributed by atoms with E-state index in [-0.39, 0.29) is 5.69 Å². The van der Waals surface area contributed by atoms with E-state index in [4.69, 9.17) is 9.15 Å². The van der Waals surface area contributed by atoms with Gasteiger partial charge in [-0.2, -0.15) is 4.98 Å². The van der Waals surface area contributed by atoms with E-state index in [1.54, 1.807) is 14.0 Å². The number of hydrogen-bond acceptors (Lipinski definition) is 5. The van der Waals surface area contributed by atoms with Crippen molar-refractivity contribution in [3.8, 4) is 0 Å². The highest BCUT2D eigenvalue weighted by Gasteiger charge is 2.11. The van der Waals surface area contributed by atoms with Crippen molar-refractivity contribution in [3.63, 3.8) is 0 Å². The molecule has 1 N–H and O–H groups in total. The molecule has 0 saturated carbocycles. The fourth-order valence-electron chi connectivity index (χ4n) is 0.687. The highest BCUT2D eigenvalue weighted by molar-refractivity contribution is 5.87. The van der Waals surface area contributed by atoms with Crippen LogP contribution >= 0.6 is 0 Å². The molecule has 0 aliphatic rings. The van der Waals surface area contributed by atoms with Gasteiger partial charge in [-0.1, -0.05) is 0 Å². The van der Waals surface area contributed by atoms with Gasteiger partial charge < -0.3 is 14.5 Å². The maximum atomic E-state index is 11.0. The molecule has 0 radical (unpaired) electrons. The lowest BCUT2D eigenvalue weighted by Crippen LogP contribution is -2.04. The van der Waals surface area contributed by atoms with Crippen LogP contribution in [0.25, 0.3) is 0 Å². The van der Waals surface area contributed by atoms with E-state index < -0.39 is 5.97 Å². The number of aromatic nitrogens is 1. The zero-order valence-corrected chi connectivity index (χ0v) is 6.96. The average Bonchev–Trinajstić information content (AvgIpc) is 2.52. The molecule has 1 aromatic rings. The largest absolute Gasteiger partial charge is 0.461 e. The average molecular weight is 170 g/mol. The number of ether oxygens (including phenoxy) is 1. The van der Waals surface area contributed by atoms with Crippen LogP contribution in [0.3, 0.4) is 0 Å². The van der Waals surface area contributed by atoms with Crippen LogP contribution in [0.15, 0.2) is 10.7 Å². The molecule has 5 heteroatoms. The topological polar surface area (TPSA) is 64.4 Å². The highest BCUT2D eigenvalue weighted by atomic mass is 16.5. The number of nitrogens with zero attached hydrogens (tertiary/aromatic N) is 1. The third kappa shape index (κ3) is 1.75. The molecule has 0 amide bonds. The molecule has 0 aliphatic heterocycles. The second kappa shape index (κ2) is 3.75. The van der Waals surface area contributed by atoms with Crippen LogP contribution in [0, 0.1) is 0 Å². The predicted octanol–water partition coefficient (Wildman–Crippen LogP) is 0.893. The molecular weight excluding hydrogens is 160 g/mol. The first-order valence-corrected chi connectivity index (χ1v) is 3.58. The van der Waals surface area contributed by atoms with Gasteiger partial charge in [-0.25, -0.2) is 4.79 Å². The van der Waals surface area contributed by atoms with Gasteiger partial charge in [-0.15, -0.1) is 0 Å². The maximum Gasteiger partial charge on any atom is 0.360 e. The van der Waals surface area contributed by atoms with Crippen LogP contribution < -0.4 is 5.32 Å². The Labute approximate surface area is 69.7 Å². The van der Waals surface area contributed by atoms with Crippen molar-refractivity contribution < 1.29 is 13.9 Å². The van der Waals surface area contributed by atoms with Crippen LogP contribution in [0.4, 0.5) is 6.01 Å². The molecule has 0 saturated heterocycles.